The van der Waals surface area contributed by atoms with Crippen LogP contribution >= 0.6 is 0 Å². The number of anilines is 1. The number of pyridine rings is 1. The first-order chi connectivity index (χ1) is 14.0. The number of fused-ring (bicyclic) bond motifs is 1. The van der Waals surface area contributed by atoms with E-state index in [1.165, 1.54) is 0 Å². The van der Waals surface area contributed by atoms with Crippen LogP contribution in [0.2, 0.25) is 0 Å². The minimum absolute atomic E-state index is 0.114. The predicted octanol–water partition coefficient (Wildman–Crippen LogP) is 2.47. The Kier molecular flexibility index (Phi) is 5.20. The lowest BCUT2D eigenvalue weighted by Crippen LogP contribution is -2.49. The molecule has 0 spiro atoms. The van der Waals surface area contributed by atoms with Crippen molar-refractivity contribution in [3.05, 3.63) is 36.8 Å². The second-order valence-electron chi connectivity index (χ2n) is 7.11. The Balaban J connectivity index is 1.54. The first kappa shape index (κ1) is 19.0. The molecule has 1 amide bonds. The third kappa shape index (κ3) is 3.94. The van der Waals surface area contributed by atoms with E-state index in [2.05, 4.69) is 15.0 Å². The normalized spacial score (nSPS) is 14.5. The van der Waals surface area contributed by atoms with Gasteiger partial charge in [-0.15, -0.1) is 0 Å². The molecule has 0 aromatic carbocycles. The van der Waals surface area contributed by atoms with Crippen molar-refractivity contribution in [2.45, 2.75) is 20.0 Å². The molecular formula is C20H24N6O3. The SMILES string of the molecule is COc1cc(-c2cnn3ccc(N4CCN(C(=O)OC(C)C)CC4)nc23)ccn1. The number of nitrogens with zero attached hydrogens (tertiary/aromatic N) is 6. The van der Waals surface area contributed by atoms with Crippen LogP contribution in [-0.2, 0) is 4.74 Å². The molecule has 4 rings (SSSR count). The number of hydrogen-bond acceptors (Lipinski definition) is 7. The van der Waals surface area contributed by atoms with E-state index in [1.54, 1.807) is 28.9 Å². The molecule has 0 bridgehead atoms. The molecule has 3 aromatic rings. The lowest BCUT2D eigenvalue weighted by atomic mass is 10.1. The number of hydrogen-bond donors (Lipinski definition) is 0. The maximum Gasteiger partial charge on any atom is 0.410 e. The molecule has 0 atom stereocenters. The van der Waals surface area contributed by atoms with Gasteiger partial charge in [0, 0.05) is 50.2 Å². The van der Waals surface area contributed by atoms with Gasteiger partial charge in [-0.1, -0.05) is 0 Å². The molecule has 29 heavy (non-hydrogen) atoms. The van der Waals surface area contributed by atoms with Crippen LogP contribution < -0.4 is 9.64 Å². The first-order valence-corrected chi connectivity index (χ1v) is 9.60. The number of methoxy groups -OCH3 is 1. The minimum atomic E-state index is -0.257. The van der Waals surface area contributed by atoms with Gasteiger partial charge < -0.3 is 19.3 Å². The molecule has 0 saturated carbocycles. The lowest BCUT2D eigenvalue weighted by Gasteiger charge is -2.35. The average molecular weight is 396 g/mol. The van der Waals surface area contributed by atoms with Crippen LogP contribution in [0.4, 0.5) is 10.6 Å². The molecule has 1 fully saturated rings. The molecule has 3 aromatic heterocycles. The molecule has 9 heteroatoms. The molecular weight excluding hydrogens is 372 g/mol. The Labute approximate surface area is 168 Å². The number of rotatable bonds is 4. The molecule has 4 heterocycles. The van der Waals surface area contributed by atoms with E-state index < -0.39 is 0 Å². The monoisotopic (exact) mass is 396 g/mol. The van der Waals surface area contributed by atoms with Crippen LogP contribution in [-0.4, -0.2) is 70.0 Å². The highest BCUT2D eigenvalue weighted by Gasteiger charge is 2.24. The second kappa shape index (κ2) is 7.94. The van der Waals surface area contributed by atoms with E-state index >= 15 is 0 Å². The summed E-state index contributed by atoms with van der Waals surface area (Å²) in [6, 6.07) is 5.72. The molecule has 152 valence electrons. The van der Waals surface area contributed by atoms with Gasteiger partial charge in [0.2, 0.25) is 5.88 Å². The van der Waals surface area contributed by atoms with Crippen molar-refractivity contribution < 1.29 is 14.3 Å². The summed E-state index contributed by atoms with van der Waals surface area (Å²) in [5, 5.41) is 4.40. The summed E-state index contributed by atoms with van der Waals surface area (Å²) in [7, 11) is 1.59. The number of carbonyl (C=O) groups excluding carboxylic acids is 1. The van der Waals surface area contributed by atoms with E-state index in [1.807, 2.05) is 38.2 Å². The second-order valence-corrected chi connectivity index (χ2v) is 7.11. The third-order valence-corrected chi connectivity index (χ3v) is 4.81. The van der Waals surface area contributed by atoms with Gasteiger partial charge in [0.1, 0.15) is 5.82 Å². The summed E-state index contributed by atoms with van der Waals surface area (Å²) in [6.07, 6.45) is 5.03. The van der Waals surface area contributed by atoms with Crippen LogP contribution in [0.15, 0.2) is 36.8 Å². The van der Waals surface area contributed by atoms with E-state index in [0.29, 0.717) is 32.1 Å². The Morgan fingerprint density at radius 2 is 1.97 bits per heavy atom. The maximum atomic E-state index is 12.1. The van der Waals surface area contributed by atoms with Crippen molar-refractivity contribution in [2.24, 2.45) is 0 Å². The number of aromatic nitrogens is 4. The first-order valence-electron chi connectivity index (χ1n) is 9.60. The van der Waals surface area contributed by atoms with E-state index in [9.17, 15) is 4.79 Å². The highest BCUT2D eigenvalue weighted by atomic mass is 16.6. The quantitative estimate of drug-likeness (QED) is 0.670. The Morgan fingerprint density at radius 3 is 2.69 bits per heavy atom. The van der Waals surface area contributed by atoms with E-state index in [4.69, 9.17) is 14.5 Å². The summed E-state index contributed by atoms with van der Waals surface area (Å²) in [4.78, 5) is 25.0. The number of ether oxygens (including phenoxy) is 2. The van der Waals surface area contributed by atoms with Gasteiger partial charge in [0.05, 0.1) is 19.4 Å². The van der Waals surface area contributed by atoms with Crippen molar-refractivity contribution >= 4 is 17.6 Å². The molecule has 1 aliphatic rings. The van der Waals surface area contributed by atoms with Gasteiger partial charge in [-0.25, -0.2) is 19.3 Å². The van der Waals surface area contributed by atoms with Gasteiger partial charge >= 0.3 is 6.09 Å². The molecule has 1 saturated heterocycles. The predicted molar refractivity (Wildman–Crippen MR) is 108 cm³/mol. The fourth-order valence-corrected chi connectivity index (χ4v) is 3.32. The van der Waals surface area contributed by atoms with Crippen molar-refractivity contribution in [1.82, 2.24) is 24.5 Å². The van der Waals surface area contributed by atoms with Crippen LogP contribution in [0, 0.1) is 0 Å². The standard InChI is InChI=1S/C20H24N6O3/c1-14(2)29-20(27)25-10-8-24(9-11-25)17-5-7-26-19(23-17)16(13-22-26)15-4-6-21-18(12-15)28-3/h4-7,12-14H,8-11H2,1-3H3. The van der Waals surface area contributed by atoms with E-state index in [-0.39, 0.29) is 12.2 Å². The summed E-state index contributed by atoms with van der Waals surface area (Å²) in [5.74, 6) is 1.40. The molecule has 0 aliphatic carbocycles. The number of piperazine rings is 1. The lowest BCUT2D eigenvalue weighted by molar-refractivity contribution is 0.0751. The van der Waals surface area contributed by atoms with Gasteiger partial charge in [-0.3, -0.25) is 0 Å². The number of amides is 1. The molecule has 9 nitrogen and oxygen atoms in total. The highest BCUT2D eigenvalue weighted by Crippen LogP contribution is 2.27. The molecule has 1 aliphatic heterocycles. The summed E-state index contributed by atoms with van der Waals surface area (Å²) < 4.78 is 12.3. The minimum Gasteiger partial charge on any atom is -0.481 e. The highest BCUT2D eigenvalue weighted by molar-refractivity contribution is 5.78. The fraction of sp³-hybridized carbons (Fsp3) is 0.400. The van der Waals surface area contributed by atoms with Gasteiger partial charge in [0.25, 0.3) is 0 Å². The van der Waals surface area contributed by atoms with Crippen molar-refractivity contribution in [3.63, 3.8) is 0 Å². The molecule has 0 N–H and O–H groups in total. The average Bonchev–Trinajstić information content (AvgIpc) is 3.16. The summed E-state index contributed by atoms with van der Waals surface area (Å²) in [5.41, 5.74) is 2.61. The largest absolute Gasteiger partial charge is 0.481 e. The third-order valence-electron chi connectivity index (χ3n) is 4.81. The summed E-state index contributed by atoms with van der Waals surface area (Å²) >= 11 is 0. The maximum absolute atomic E-state index is 12.1. The van der Waals surface area contributed by atoms with Crippen LogP contribution in [0.25, 0.3) is 16.8 Å². The van der Waals surface area contributed by atoms with Crippen molar-refractivity contribution in [1.29, 1.82) is 0 Å². The zero-order chi connectivity index (χ0) is 20.4. The Morgan fingerprint density at radius 1 is 1.17 bits per heavy atom. The molecule has 0 unspecified atom stereocenters. The zero-order valence-corrected chi connectivity index (χ0v) is 16.8. The van der Waals surface area contributed by atoms with Gasteiger partial charge in [-0.2, -0.15) is 5.10 Å². The Bertz CT molecular complexity index is 1010. The van der Waals surface area contributed by atoms with Crippen molar-refractivity contribution in [2.75, 3.05) is 38.2 Å². The van der Waals surface area contributed by atoms with Crippen LogP contribution in [0.5, 0.6) is 5.88 Å². The van der Waals surface area contributed by atoms with Crippen LogP contribution in [0.1, 0.15) is 13.8 Å². The number of carbonyl (C=O) groups is 1. The van der Waals surface area contributed by atoms with Crippen molar-refractivity contribution in [3.8, 4) is 17.0 Å². The molecule has 0 radical (unpaired) electrons. The van der Waals surface area contributed by atoms with Gasteiger partial charge in [-0.05, 0) is 31.5 Å². The van der Waals surface area contributed by atoms with Gasteiger partial charge in [0.15, 0.2) is 5.65 Å². The topological polar surface area (TPSA) is 85.1 Å². The fourth-order valence-electron chi connectivity index (χ4n) is 3.32. The smallest absolute Gasteiger partial charge is 0.410 e. The summed E-state index contributed by atoms with van der Waals surface area (Å²) in [6.45, 7) is 6.31. The van der Waals surface area contributed by atoms with E-state index in [0.717, 1.165) is 22.6 Å². The van der Waals surface area contributed by atoms with Crippen LogP contribution in [0.3, 0.4) is 0 Å². The zero-order valence-electron chi connectivity index (χ0n) is 16.8. The Hall–Kier alpha value is -3.36.